The first-order chi connectivity index (χ1) is 9.23. The molecule has 19 heavy (non-hydrogen) atoms. The first-order valence-electron chi connectivity index (χ1n) is 8.18. The van der Waals surface area contributed by atoms with Gasteiger partial charge in [-0.1, -0.05) is 13.3 Å². The van der Waals surface area contributed by atoms with Gasteiger partial charge in [-0.05, 0) is 54.8 Å². The van der Waals surface area contributed by atoms with E-state index in [1.807, 2.05) is 7.11 Å². The summed E-state index contributed by atoms with van der Waals surface area (Å²) < 4.78 is 19.3. The second-order valence-electron chi connectivity index (χ2n) is 7.86. The Labute approximate surface area is 115 Å². The second kappa shape index (κ2) is 2.72. The van der Waals surface area contributed by atoms with E-state index in [2.05, 4.69) is 6.92 Å². The quantitative estimate of drug-likeness (QED) is 0.742. The van der Waals surface area contributed by atoms with E-state index in [-0.39, 0.29) is 11.2 Å². The van der Waals surface area contributed by atoms with Crippen molar-refractivity contribution < 1.29 is 13.3 Å². The molecule has 1 saturated heterocycles. The van der Waals surface area contributed by atoms with Crippen LogP contribution in [-0.4, -0.2) is 27.1 Å². The van der Waals surface area contributed by atoms with E-state index >= 15 is 0 Å². The van der Waals surface area contributed by atoms with Crippen LogP contribution in [0.2, 0.25) is 6.04 Å². The Bertz CT molecular complexity index is 498. The van der Waals surface area contributed by atoms with Gasteiger partial charge in [-0.15, -0.1) is 0 Å². The SMILES string of the molecule is CCC[Si]1(OC)OC23C4C5CC5C4C2C2CC[C@@]23O1. The number of fused-ring (bicyclic) bond motifs is 6. The van der Waals surface area contributed by atoms with Crippen molar-refractivity contribution in [3.8, 4) is 0 Å². The Hall–Kier alpha value is 0.0969. The molecule has 5 saturated carbocycles. The van der Waals surface area contributed by atoms with E-state index in [1.165, 1.54) is 19.3 Å². The number of hydrogen-bond acceptors (Lipinski definition) is 3. The second-order valence-corrected chi connectivity index (χ2v) is 10.5. The van der Waals surface area contributed by atoms with Gasteiger partial charge >= 0.3 is 8.80 Å². The normalized spacial score (nSPS) is 72.9. The maximum atomic E-state index is 6.77. The Morgan fingerprint density at radius 1 is 1.26 bits per heavy atom. The lowest BCUT2D eigenvalue weighted by Gasteiger charge is -2.84. The Kier molecular flexibility index (Phi) is 1.54. The summed E-state index contributed by atoms with van der Waals surface area (Å²) in [5, 5.41) is 0. The van der Waals surface area contributed by atoms with Crippen molar-refractivity contribution in [2.24, 2.45) is 35.5 Å². The van der Waals surface area contributed by atoms with Gasteiger partial charge in [0.1, 0.15) is 0 Å². The summed E-state index contributed by atoms with van der Waals surface area (Å²) in [5.74, 6) is 5.67. The van der Waals surface area contributed by atoms with Crippen LogP contribution in [0.3, 0.4) is 0 Å². The van der Waals surface area contributed by atoms with Gasteiger partial charge in [0, 0.05) is 13.2 Å². The van der Waals surface area contributed by atoms with Crippen molar-refractivity contribution in [2.75, 3.05) is 7.11 Å². The molecule has 6 fully saturated rings. The van der Waals surface area contributed by atoms with Crippen LogP contribution in [0.15, 0.2) is 0 Å². The highest BCUT2D eigenvalue weighted by molar-refractivity contribution is 6.61. The first kappa shape index (κ1) is 10.8. The zero-order valence-corrected chi connectivity index (χ0v) is 12.7. The molecule has 0 aromatic carbocycles. The molecule has 0 amide bonds. The van der Waals surface area contributed by atoms with Crippen molar-refractivity contribution in [1.29, 1.82) is 0 Å². The Balaban J connectivity index is 1.44. The minimum Gasteiger partial charge on any atom is -0.377 e. The van der Waals surface area contributed by atoms with Crippen LogP contribution in [0.5, 0.6) is 0 Å². The third-order valence-electron chi connectivity index (χ3n) is 7.72. The summed E-state index contributed by atoms with van der Waals surface area (Å²) in [5.41, 5.74) is 0.277. The third kappa shape index (κ3) is 0.769. The summed E-state index contributed by atoms with van der Waals surface area (Å²) in [4.78, 5) is 0. The van der Waals surface area contributed by atoms with Crippen LogP contribution in [0, 0.1) is 35.5 Å². The Morgan fingerprint density at radius 2 is 2.16 bits per heavy atom. The molecule has 0 aromatic heterocycles. The predicted molar refractivity (Wildman–Crippen MR) is 70.3 cm³/mol. The molecule has 0 bridgehead atoms. The molecule has 2 spiro atoms. The number of hydrogen-bond donors (Lipinski definition) is 0. The summed E-state index contributed by atoms with van der Waals surface area (Å²) in [6.45, 7) is 2.22. The fraction of sp³-hybridized carbons (Fsp3) is 1.00. The monoisotopic (exact) mass is 278 g/mol. The van der Waals surface area contributed by atoms with Gasteiger partial charge in [-0.3, -0.25) is 0 Å². The lowest BCUT2D eigenvalue weighted by Crippen LogP contribution is -2.92. The molecule has 0 radical (unpaired) electrons. The lowest BCUT2D eigenvalue weighted by atomic mass is 9.24. The molecule has 8 unspecified atom stereocenters. The highest BCUT2D eigenvalue weighted by Crippen LogP contribution is 2.92. The van der Waals surface area contributed by atoms with Crippen molar-refractivity contribution >= 4 is 8.80 Å². The molecule has 104 valence electrons. The molecular formula is C15H22O3Si. The predicted octanol–water partition coefficient (Wildman–Crippen LogP) is 2.44. The molecular weight excluding hydrogens is 256 g/mol. The van der Waals surface area contributed by atoms with Gasteiger partial charge in [0.25, 0.3) is 0 Å². The van der Waals surface area contributed by atoms with E-state index in [0.29, 0.717) is 0 Å². The molecule has 5 aliphatic carbocycles. The summed E-state index contributed by atoms with van der Waals surface area (Å²) in [7, 11) is -0.525. The van der Waals surface area contributed by atoms with Crippen molar-refractivity contribution in [3.63, 3.8) is 0 Å². The van der Waals surface area contributed by atoms with Crippen LogP contribution in [-0.2, 0) is 13.3 Å². The van der Waals surface area contributed by atoms with Crippen LogP contribution in [0.1, 0.15) is 32.6 Å². The fourth-order valence-electron chi connectivity index (χ4n) is 7.12. The smallest absolute Gasteiger partial charge is 0.377 e. The zero-order valence-electron chi connectivity index (χ0n) is 11.7. The maximum Gasteiger partial charge on any atom is 0.501 e. The van der Waals surface area contributed by atoms with Crippen LogP contribution in [0.4, 0.5) is 0 Å². The van der Waals surface area contributed by atoms with Gasteiger partial charge in [0.2, 0.25) is 0 Å². The summed E-state index contributed by atoms with van der Waals surface area (Å²) >= 11 is 0. The third-order valence-corrected chi connectivity index (χ3v) is 10.8. The average Bonchev–Trinajstić information content (AvgIpc) is 2.95. The van der Waals surface area contributed by atoms with Gasteiger partial charge < -0.3 is 13.3 Å². The van der Waals surface area contributed by atoms with Crippen molar-refractivity contribution in [3.05, 3.63) is 0 Å². The minimum atomic E-state index is -2.34. The first-order valence-corrected chi connectivity index (χ1v) is 10.1. The molecule has 1 aliphatic heterocycles. The van der Waals surface area contributed by atoms with Gasteiger partial charge in [-0.25, -0.2) is 0 Å². The van der Waals surface area contributed by atoms with E-state index < -0.39 is 8.80 Å². The summed E-state index contributed by atoms with van der Waals surface area (Å²) in [6, 6.07) is 1.01. The fourth-order valence-corrected chi connectivity index (χ4v) is 10.3. The van der Waals surface area contributed by atoms with Crippen LogP contribution >= 0.6 is 0 Å². The van der Waals surface area contributed by atoms with Gasteiger partial charge in [-0.2, -0.15) is 0 Å². The molecule has 6 rings (SSSR count). The standard InChI is InChI=1S/C15H22O3Si/c1-3-6-19(16-2)17-14-5-4-10(14)13-11-8-7-9(8)12(11)15(13,14)18-19/h8-13H,3-7H2,1-2H3/t8?,9?,10?,11?,12?,13?,14-,15?,19?/m1/s1. The average molecular weight is 278 g/mol. The zero-order chi connectivity index (χ0) is 12.6. The van der Waals surface area contributed by atoms with E-state index in [0.717, 1.165) is 48.0 Å². The Morgan fingerprint density at radius 3 is 2.84 bits per heavy atom. The maximum absolute atomic E-state index is 6.77. The molecule has 3 nitrogen and oxygen atoms in total. The van der Waals surface area contributed by atoms with Crippen molar-refractivity contribution in [1.82, 2.24) is 0 Å². The highest BCUT2D eigenvalue weighted by atomic mass is 28.4. The van der Waals surface area contributed by atoms with Crippen LogP contribution < -0.4 is 0 Å². The highest BCUT2D eigenvalue weighted by Gasteiger charge is 2.98. The molecule has 6 aliphatic rings. The summed E-state index contributed by atoms with van der Waals surface area (Å²) in [6.07, 6.45) is 5.24. The van der Waals surface area contributed by atoms with E-state index in [9.17, 15) is 0 Å². The van der Waals surface area contributed by atoms with Crippen LogP contribution in [0.25, 0.3) is 0 Å². The molecule has 4 heteroatoms. The van der Waals surface area contributed by atoms with Crippen molar-refractivity contribution in [2.45, 2.75) is 49.9 Å². The molecule has 9 atom stereocenters. The van der Waals surface area contributed by atoms with E-state index in [1.54, 1.807) is 0 Å². The van der Waals surface area contributed by atoms with Gasteiger partial charge in [0.15, 0.2) is 0 Å². The molecule has 1 heterocycles. The largest absolute Gasteiger partial charge is 0.501 e. The topological polar surface area (TPSA) is 27.7 Å². The molecule has 0 aromatic rings. The minimum absolute atomic E-state index is 0.129. The molecule has 0 N–H and O–H groups in total. The van der Waals surface area contributed by atoms with E-state index in [4.69, 9.17) is 13.3 Å². The lowest BCUT2D eigenvalue weighted by molar-refractivity contribution is -0.414. The van der Waals surface area contributed by atoms with Gasteiger partial charge in [0.05, 0.1) is 11.2 Å². The number of rotatable bonds is 3.